The highest BCUT2D eigenvalue weighted by Gasteiger charge is 2.24. The van der Waals surface area contributed by atoms with Gasteiger partial charge in [0, 0.05) is 6.04 Å². The molecule has 1 atom stereocenters. The Kier molecular flexibility index (Phi) is 4.20. The van der Waals surface area contributed by atoms with Crippen LogP contribution in [0.15, 0.2) is 6.20 Å². The summed E-state index contributed by atoms with van der Waals surface area (Å²) in [5.74, 6) is 0.787. The third-order valence-corrected chi connectivity index (χ3v) is 2.69. The Balaban J connectivity index is 3.05. The SMILES string of the molecule is COc1cnn(C(C)C)c1C(N)CC(C)(C)C. The van der Waals surface area contributed by atoms with E-state index in [0.717, 1.165) is 17.9 Å². The molecule has 1 aromatic rings. The van der Waals surface area contributed by atoms with Crippen molar-refractivity contribution in [3.8, 4) is 5.75 Å². The van der Waals surface area contributed by atoms with Crippen LogP contribution in [0, 0.1) is 5.41 Å². The van der Waals surface area contributed by atoms with Gasteiger partial charge in [0.25, 0.3) is 0 Å². The van der Waals surface area contributed by atoms with Crippen LogP contribution in [0.25, 0.3) is 0 Å². The highest BCUT2D eigenvalue weighted by atomic mass is 16.5. The minimum absolute atomic E-state index is 0.0464. The number of hydrogen-bond donors (Lipinski definition) is 1. The van der Waals surface area contributed by atoms with Crippen molar-refractivity contribution < 1.29 is 4.74 Å². The second-order valence-electron chi connectivity index (χ2n) is 6.01. The van der Waals surface area contributed by atoms with E-state index in [1.54, 1.807) is 13.3 Å². The molecule has 0 aromatic carbocycles. The van der Waals surface area contributed by atoms with E-state index in [1.165, 1.54) is 0 Å². The van der Waals surface area contributed by atoms with Crippen LogP contribution in [0.2, 0.25) is 0 Å². The smallest absolute Gasteiger partial charge is 0.161 e. The van der Waals surface area contributed by atoms with E-state index in [0.29, 0.717) is 6.04 Å². The number of hydrogen-bond acceptors (Lipinski definition) is 3. The van der Waals surface area contributed by atoms with E-state index in [4.69, 9.17) is 10.5 Å². The van der Waals surface area contributed by atoms with E-state index in [1.807, 2.05) is 4.68 Å². The third kappa shape index (κ3) is 3.46. The maximum Gasteiger partial charge on any atom is 0.161 e. The predicted octanol–water partition coefficient (Wildman–Crippen LogP) is 2.91. The Hall–Kier alpha value is -1.03. The number of nitrogens with zero attached hydrogens (tertiary/aromatic N) is 2. The second-order valence-corrected chi connectivity index (χ2v) is 6.01. The summed E-state index contributed by atoms with van der Waals surface area (Å²) in [5.41, 5.74) is 7.49. The maximum absolute atomic E-state index is 6.30. The Labute approximate surface area is 104 Å². The van der Waals surface area contributed by atoms with Crippen molar-refractivity contribution in [2.75, 3.05) is 7.11 Å². The fourth-order valence-electron chi connectivity index (χ4n) is 2.03. The number of methoxy groups -OCH3 is 1. The van der Waals surface area contributed by atoms with Crippen molar-refractivity contribution in [1.29, 1.82) is 0 Å². The second kappa shape index (κ2) is 5.08. The minimum atomic E-state index is -0.0464. The normalized spacial score (nSPS) is 14.1. The summed E-state index contributed by atoms with van der Waals surface area (Å²) in [7, 11) is 1.66. The van der Waals surface area contributed by atoms with Crippen LogP contribution >= 0.6 is 0 Å². The van der Waals surface area contributed by atoms with Gasteiger partial charge in [-0.3, -0.25) is 4.68 Å². The van der Waals surface area contributed by atoms with E-state index in [-0.39, 0.29) is 11.5 Å². The molecule has 1 heterocycles. The third-order valence-electron chi connectivity index (χ3n) is 2.69. The standard InChI is InChI=1S/C13H25N3O/c1-9(2)16-12(11(17-6)8-15-16)10(14)7-13(3,4)5/h8-10H,7,14H2,1-6H3. The van der Waals surface area contributed by atoms with Crippen molar-refractivity contribution in [3.05, 3.63) is 11.9 Å². The van der Waals surface area contributed by atoms with Crippen molar-refractivity contribution >= 4 is 0 Å². The summed E-state index contributed by atoms with van der Waals surface area (Å²) < 4.78 is 7.30. The zero-order valence-electron chi connectivity index (χ0n) is 11.8. The molecule has 0 aliphatic heterocycles. The van der Waals surface area contributed by atoms with E-state index >= 15 is 0 Å². The molecular weight excluding hydrogens is 214 g/mol. The molecule has 0 spiro atoms. The van der Waals surface area contributed by atoms with Crippen LogP contribution in [0.1, 0.15) is 58.8 Å². The fourth-order valence-corrected chi connectivity index (χ4v) is 2.03. The Morgan fingerprint density at radius 3 is 2.41 bits per heavy atom. The first kappa shape index (κ1) is 14.0. The Morgan fingerprint density at radius 2 is 2.00 bits per heavy atom. The minimum Gasteiger partial charge on any atom is -0.493 e. The van der Waals surface area contributed by atoms with Gasteiger partial charge < -0.3 is 10.5 Å². The summed E-state index contributed by atoms with van der Waals surface area (Å²) in [5, 5.41) is 4.35. The van der Waals surface area contributed by atoms with E-state index in [2.05, 4.69) is 39.7 Å². The van der Waals surface area contributed by atoms with Gasteiger partial charge in [0.1, 0.15) is 0 Å². The first-order valence-corrected chi connectivity index (χ1v) is 6.13. The number of aromatic nitrogens is 2. The van der Waals surface area contributed by atoms with E-state index in [9.17, 15) is 0 Å². The quantitative estimate of drug-likeness (QED) is 0.879. The molecule has 0 radical (unpaired) electrons. The predicted molar refractivity (Wildman–Crippen MR) is 70.2 cm³/mol. The van der Waals surface area contributed by atoms with Crippen LogP contribution in [0.3, 0.4) is 0 Å². The van der Waals surface area contributed by atoms with Crippen LogP contribution < -0.4 is 10.5 Å². The summed E-state index contributed by atoms with van der Waals surface area (Å²) in [6.45, 7) is 10.8. The van der Waals surface area contributed by atoms with Gasteiger partial charge in [0.2, 0.25) is 0 Å². The number of nitrogens with two attached hydrogens (primary N) is 1. The highest BCUT2D eigenvalue weighted by molar-refractivity contribution is 5.28. The van der Waals surface area contributed by atoms with Crippen molar-refractivity contribution in [2.45, 2.75) is 53.1 Å². The molecule has 0 saturated heterocycles. The molecule has 0 saturated carbocycles. The van der Waals surface area contributed by atoms with Crippen molar-refractivity contribution in [2.24, 2.45) is 11.1 Å². The lowest BCUT2D eigenvalue weighted by Crippen LogP contribution is -2.23. The number of rotatable bonds is 4. The molecule has 4 heteroatoms. The molecule has 17 heavy (non-hydrogen) atoms. The highest BCUT2D eigenvalue weighted by Crippen LogP contribution is 2.33. The largest absolute Gasteiger partial charge is 0.493 e. The molecule has 1 rings (SSSR count). The van der Waals surface area contributed by atoms with Crippen molar-refractivity contribution in [3.63, 3.8) is 0 Å². The molecular formula is C13H25N3O. The molecule has 2 N–H and O–H groups in total. The average molecular weight is 239 g/mol. The lowest BCUT2D eigenvalue weighted by molar-refractivity contribution is 0.321. The first-order valence-electron chi connectivity index (χ1n) is 6.13. The molecule has 0 aliphatic carbocycles. The first-order chi connectivity index (χ1) is 7.76. The van der Waals surface area contributed by atoms with Gasteiger partial charge in [-0.15, -0.1) is 0 Å². The molecule has 98 valence electrons. The maximum atomic E-state index is 6.30. The van der Waals surface area contributed by atoms with E-state index < -0.39 is 0 Å². The van der Waals surface area contributed by atoms with Gasteiger partial charge >= 0.3 is 0 Å². The molecule has 0 fully saturated rings. The van der Waals surface area contributed by atoms with Crippen LogP contribution in [0.4, 0.5) is 0 Å². The average Bonchev–Trinajstić information content (AvgIpc) is 2.57. The van der Waals surface area contributed by atoms with Crippen LogP contribution in [-0.2, 0) is 0 Å². The topological polar surface area (TPSA) is 53.1 Å². The Bertz CT molecular complexity index is 363. The molecule has 1 aromatic heterocycles. The Morgan fingerprint density at radius 1 is 1.41 bits per heavy atom. The van der Waals surface area contributed by atoms with Crippen molar-refractivity contribution in [1.82, 2.24) is 9.78 Å². The van der Waals surface area contributed by atoms with Gasteiger partial charge in [0.15, 0.2) is 5.75 Å². The van der Waals surface area contributed by atoms with Crippen LogP contribution in [-0.4, -0.2) is 16.9 Å². The molecule has 4 nitrogen and oxygen atoms in total. The van der Waals surface area contributed by atoms with Gasteiger partial charge in [-0.05, 0) is 25.7 Å². The molecule has 0 aliphatic rings. The number of ether oxygens (including phenoxy) is 1. The van der Waals surface area contributed by atoms with Gasteiger partial charge in [-0.2, -0.15) is 5.10 Å². The summed E-state index contributed by atoms with van der Waals surface area (Å²) in [6.07, 6.45) is 2.65. The summed E-state index contributed by atoms with van der Waals surface area (Å²) in [6, 6.07) is 0.245. The lowest BCUT2D eigenvalue weighted by Gasteiger charge is -2.25. The van der Waals surface area contributed by atoms with Crippen LogP contribution in [0.5, 0.6) is 5.75 Å². The fraction of sp³-hybridized carbons (Fsp3) is 0.769. The van der Waals surface area contributed by atoms with Gasteiger partial charge in [0.05, 0.1) is 25.0 Å². The summed E-state index contributed by atoms with van der Waals surface area (Å²) >= 11 is 0. The zero-order chi connectivity index (χ0) is 13.2. The van der Waals surface area contributed by atoms with Gasteiger partial charge in [-0.25, -0.2) is 0 Å². The monoisotopic (exact) mass is 239 g/mol. The zero-order valence-corrected chi connectivity index (χ0v) is 11.8. The van der Waals surface area contributed by atoms with Gasteiger partial charge in [-0.1, -0.05) is 20.8 Å². The lowest BCUT2D eigenvalue weighted by atomic mass is 9.87. The molecule has 0 bridgehead atoms. The molecule has 0 amide bonds. The summed E-state index contributed by atoms with van der Waals surface area (Å²) in [4.78, 5) is 0. The molecule has 1 unspecified atom stereocenters.